The van der Waals surface area contributed by atoms with Crippen LogP contribution in [0, 0.1) is 0 Å². The Morgan fingerprint density at radius 3 is 2.87 bits per heavy atom. The lowest BCUT2D eigenvalue weighted by atomic mass is 10.2. The first-order valence-electron chi connectivity index (χ1n) is 4.46. The Morgan fingerprint density at radius 2 is 2.27 bits per heavy atom. The van der Waals surface area contributed by atoms with Crippen molar-refractivity contribution >= 4 is 28.7 Å². The van der Waals surface area contributed by atoms with E-state index in [1.807, 2.05) is 19.3 Å². The molecule has 0 spiro atoms. The van der Waals surface area contributed by atoms with Crippen molar-refractivity contribution in [2.24, 2.45) is 7.05 Å². The van der Waals surface area contributed by atoms with E-state index < -0.39 is 0 Å². The van der Waals surface area contributed by atoms with Gasteiger partial charge in [0.1, 0.15) is 0 Å². The second kappa shape index (κ2) is 3.82. The van der Waals surface area contributed by atoms with Crippen LogP contribution in [0.5, 0.6) is 0 Å². The van der Waals surface area contributed by atoms with Crippen LogP contribution < -0.4 is 11.1 Å². The number of rotatable bonds is 2. The average Bonchev–Trinajstić information content (AvgIpc) is 2.56. The lowest BCUT2D eigenvalue weighted by Crippen LogP contribution is -1.95. The number of aryl methyl sites for hydroxylation is 1. The Kier molecular flexibility index (Phi) is 2.51. The summed E-state index contributed by atoms with van der Waals surface area (Å²) >= 11 is 5.80. The predicted octanol–water partition coefficient (Wildman–Crippen LogP) is 2.40. The number of nitrogen functional groups attached to an aromatic ring is 1. The maximum Gasteiger partial charge on any atom is 0.0770 e. The fraction of sp³-hybridized carbons (Fsp3) is 0.100. The van der Waals surface area contributed by atoms with E-state index in [4.69, 9.17) is 17.3 Å². The summed E-state index contributed by atoms with van der Waals surface area (Å²) in [6.07, 6.45) is 3.60. The monoisotopic (exact) mass is 222 g/mol. The number of hydrogen-bond acceptors (Lipinski definition) is 3. The summed E-state index contributed by atoms with van der Waals surface area (Å²) in [5.74, 6) is 0. The summed E-state index contributed by atoms with van der Waals surface area (Å²) < 4.78 is 1.72. The molecule has 0 saturated heterocycles. The van der Waals surface area contributed by atoms with Gasteiger partial charge in [-0.1, -0.05) is 11.6 Å². The summed E-state index contributed by atoms with van der Waals surface area (Å²) in [7, 11) is 1.86. The average molecular weight is 223 g/mol. The number of halogens is 1. The minimum Gasteiger partial charge on any atom is -0.397 e. The molecule has 0 aliphatic heterocycles. The molecule has 0 aliphatic carbocycles. The first-order chi connectivity index (χ1) is 7.15. The second-order valence-corrected chi connectivity index (χ2v) is 3.70. The van der Waals surface area contributed by atoms with Gasteiger partial charge in [-0.05, 0) is 18.2 Å². The minimum absolute atomic E-state index is 0.617. The summed E-state index contributed by atoms with van der Waals surface area (Å²) in [5.41, 5.74) is 8.14. The number of nitrogens with zero attached hydrogens (tertiary/aromatic N) is 2. The molecular formula is C10H11ClN4. The van der Waals surface area contributed by atoms with Crippen molar-refractivity contribution in [3.05, 3.63) is 35.6 Å². The molecule has 1 aromatic heterocycles. The number of anilines is 3. The van der Waals surface area contributed by atoms with Gasteiger partial charge in [0.15, 0.2) is 0 Å². The van der Waals surface area contributed by atoms with Crippen molar-refractivity contribution in [3.63, 3.8) is 0 Å². The van der Waals surface area contributed by atoms with Crippen LogP contribution in [0.4, 0.5) is 17.1 Å². The molecule has 0 atom stereocenters. The highest BCUT2D eigenvalue weighted by molar-refractivity contribution is 6.31. The van der Waals surface area contributed by atoms with E-state index in [2.05, 4.69) is 10.4 Å². The lowest BCUT2D eigenvalue weighted by molar-refractivity contribution is 0.768. The van der Waals surface area contributed by atoms with Crippen molar-refractivity contribution < 1.29 is 0 Å². The Balaban J connectivity index is 2.24. The van der Waals surface area contributed by atoms with E-state index in [1.54, 1.807) is 23.0 Å². The zero-order valence-corrected chi connectivity index (χ0v) is 8.99. The van der Waals surface area contributed by atoms with Gasteiger partial charge in [-0.3, -0.25) is 4.68 Å². The number of benzene rings is 1. The van der Waals surface area contributed by atoms with Gasteiger partial charge >= 0.3 is 0 Å². The molecule has 0 fully saturated rings. The molecule has 0 unspecified atom stereocenters. The molecule has 1 aromatic carbocycles. The SMILES string of the molecule is Cn1cc(Nc2ccc(Cl)cc2N)cn1. The minimum atomic E-state index is 0.617. The van der Waals surface area contributed by atoms with Gasteiger partial charge in [-0.2, -0.15) is 5.10 Å². The van der Waals surface area contributed by atoms with E-state index in [9.17, 15) is 0 Å². The molecule has 1 heterocycles. The van der Waals surface area contributed by atoms with Crippen molar-refractivity contribution in [3.8, 4) is 0 Å². The number of aromatic nitrogens is 2. The normalized spacial score (nSPS) is 10.3. The third-order valence-corrected chi connectivity index (χ3v) is 2.23. The quantitative estimate of drug-likeness (QED) is 0.768. The summed E-state index contributed by atoms with van der Waals surface area (Å²) in [6, 6.07) is 5.33. The molecule has 4 nitrogen and oxygen atoms in total. The zero-order chi connectivity index (χ0) is 10.8. The fourth-order valence-corrected chi connectivity index (χ4v) is 1.47. The smallest absolute Gasteiger partial charge is 0.0770 e. The van der Waals surface area contributed by atoms with Crippen molar-refractivity contribution in [2.45, 2.75) is 0 Å². The van der Waals surface area contributed by atoms with Gasteiger partial charge in [-0.25, -0.2) is 0 Å². The van der Waals surface area contributed by atoms with Gasteiger partial charge in [0.25, 0.3) is 0 Å². The lowest BCUT2D eigenvalue weighted by Gasteiger charge is -2.06. The molecule has 15 heavy (non-hydrogen) atoms. The highest BCUT2D eigenvalue weighted by Gasteiger charge is 2.01. The van der Waals surface area contributed by atoms with E-state index in [0.717, 1.165) is 11.4 Å². The highest BCUT2D eigenvalue weighted by Crippen LogP contribution is 2.25. The van der Waals surface area contributed by atoms with Crippen LogP contribution in [-0.4, -0.2) is 9.78 Å². The second-order valence-electron chi connectivity index (χ2n) is 3.26. The molecule has 0 radical (unpaired) electrons. The van der Waals surface area contributed by atoms with Crippen LogP contribution >= 0.6 is 11.6 Å². The third-order valence-electron chi connectivity index (χ3n) is 2.00. The first-order valence-corrected chi connectivity index (χ1v) is 4.83. The van der Waals surface area contributed by atoms with Crippen LogP contribution in [-0.2, 0) is 7.05 Å². The number of nitrogens with two attached hydrogens (primary N) is 1. The molecule has 2 rings (SSSR count). The molecule has 5 heteroatoms. The molecule has 0 bridgehead atoms. The maximum absolute atomic E-state index is 5.80. The molecule has 78 valence electrons. The fourth-order valence-electron chi connectivity index (χ4n) is 1.29. The Morgan fingerprint density at radius 1 is 1.47 bits per heavy atom. The Bertz CT molecular complexity index is 478. The summed E-state index contributed by atoms with van der Waals surface area (Å²) in [6.45, 7) is 0. The number of hydrogen-bond donors (Lipinski definition) is 2. The molecular weight excluding hydrogens is 212 g/mol. The van der Waals surface area contributed by atoms with Crippen molar-refractivity contribution in [1.29, 1.82) is 0 Å². The summed E-state index contributed by atoms with van der Waals surface area (Å²) in [5, 5.41) is 7.83. The first kappa shape index (κ1) is 9.86. The van der Waals surface area contributed by atoms with E-state index >= 15 is 0 Å². The molecule has 3 N–H and O–H groups in total. The van der Waals surface area contributed by atoms with E-state index in [1.165, 1.54) is 0 Å². The Labute approximate surface area is 92.7 Å². The molecule has 2 aromatic rings. The van der Waals surface area contributed by atoms with Gasteiger partial charge in [-0.15, -0.1) is 0 Å². The topological polar surface area (TPSA) is 55.9 Å². The molecule has 0 aliphatic rings. The Hall–Kier alpha value is -1.68. The summed E-state index contributed by atoms with van der Waals surface area (Å²) in [4.78, 5) is 0. The highest BCUT2D eigenvalue weighted by atomic mass is 35.5. The molecule has 0 saturated carbocycles. The largest absolute Gasteiger partial charge is 0.397 e. The zero-order valence-electron chi connectivity index (χ0n) is 8.24. The predicted molar refractivity (Wildman–Crippen MR) is 62.4 cm³/mol. The van der Waals surface area contributed by atoms with Crippen LogP contribution in [0.15, 0.2) is 30.6 Å². The number of nitrogens with one attached hydrogen (secondary N) is 1. The van der Waals surface area contributed by atoms with Gasteiger partial charge in [0, 0.05) is 18.3 Å². The van der Waals surface area contributed by atoms with Crippen LogP contribution in [0.25, 0.3) is 0 Å². The van der Waals surface area contributed by atoms with Gasteiger partial charge < -0.3 is 11.1 Å². The van der Waals surface area contributed by atoms with Crippen molar-refractivity contribution in [1.82, 2.24) is 9.78 Å². The van der Waals surface area contributed by atoms with Crippen LogP contribution in [0.1, 0.15) is 0 Å². The van der Waals surface area contributed by atoms with E-state index in [-0.39, 0.29) is 0 Å². The van der Waals surface area contributed by atoms with Crippen LogP contribution in [0.2, 0.25) is 5.02 Å². The van der Waals surface area contributed by atoms with Crippen LogP contribution in [0.3, 0.4) is 0 Å². The maximum atomic E-state index is 5.80. The van der Waals surface area contributed by atoms with Crippen molar-refractivity contribution in [2.75, 3.05) is 11.1 Å². The standard InChI is InChI=1S/C10H11ClN4/c1-15-6-8(5-13-15)14-10-3-2-7(11)4-9(10)12/h2-6,14H,12H2,1H3. The van der Waals surface area contributed by atoms with Gasteiger partial charge in [0.05, 0.1) is 23.3 Å². The molecule has 0 amide bonds. The third kappa shape index (κ3) is 2.22. The van der Waals surface area contributed by atoms with E-state index in [0.29, 0.717) is 10.7 Å². The van der Waals surface area contributed by atoms with Gasteiger partial charge in [0.2, 0.25) is 0 Å².